The maximum Gasteiger partial charge on any atom is 0.220 e. The molecular formula is C19H22FN6O2+. The second-order valence-corrected chi connectivity index (χ2v) is 7.06. The largest absolute Gasteiger partial charge is 0.467 e. The van der Waals surface area contributed by atoms with Gasteiger partial charge in [0.2, 0.25) is 11.7 Å². The second kappa shape index (κ2) is 7.89. The van der Waals surface area contributed by atoms with Crippen LogP contribution in [0.25, 0.3) is 0 Å². The van der Waals surface area contributed by atoms with Crippen LogP contribution in [0, 0.1) is 11.7 Å². The summed E-state index contributed by atoms with van der Waals surface area (Å²) in [5, 5.41) is 12.1. The number of carbonyl (C=O) groups is 1. The average molecular weight is 385 g/mol. The molecule has 9 heteroatoms. The van der Waals surface area contributed by atoms with Crippen LogP contribution in [0.4, 0.5) is 4.39 Å². The van der Waals surface area contributed by atoms with Crippen LogP contribution in [0.15, 0.2) is 47.1 Å². The number of benzene rings is 1. The highest BCUT2D eigenvalue weighted by Crippen LogP contribution is 2.22. The first-order valence-electron chi connectivity index (χ1n) is 9.30. The Balaban J connectivity index is 1.68. The summed E-state index contributed by atoms with van der Waals surface area (Å²) in [5.74, 6) is 0.565. The Hall–Kier alpha value is -3.07. The van der Waals surface area contributed by atoms with E-state index in [2.05, 4.69) is 15.5 Å². The second-order valence-electron chi connectivity index (χ2n) is 7.06. The van der Waals surface area contributed by atoms with Crippen molar-refractivity contribution in [1.29, 1.82) is 0 Å². The molecule has 8 nitrogen and oxygen atoms in total. The number of likely N-dealkylation sites (tertiary alicyclic amines) is 1. The number of rotatable bonds is 6. The van der Waals surface area contributed by atoms with Crippen molar-refractivity contribution in [3.63, 3.8) is 0 Å². The van der Waals surface area contributed by atoms with E-state index in [1.807, 2.05) is 12.1 Å². The van der Waals surface area contributed by atoms with Gasteiger partial charge in [-0.25, -0.2) is 9.07 Å². The van der Waals surface area contributed by atoms with Crippen molar-refractivity contribution in [3.05, 3.63) is 65.6 Å². The Morgan fingerprint density at radius 3 is 2.75 bits per heavy atom. The number of piperidine rings is 1. The lowest BCUT2D eigenvalue weighted by molar-refractivity contribution is -0.932. The fourth-order valence-electron chi connectivity index (χ4n) is 3.89. The fraction of sp³-hybridized carbons (Fsp3) is 0.368. The van der Waals surface area contributed by atoms with Crippen LogP contribution in [0.3, 0.4) is 0 Å². The van der Waals surface area contributed by atoms with Gasteiger partial charge in [-0.05, 0) is 34.7 Å². The highest BCUT2D eigenvalue weighted by molar-refractivity contribution is 5.76. The quantitative estimate of drug-likeness (QED) is 0.636. The number of nitrogens with zero attached hydrogens (tertiary/aromatic N) is 4. The topological polar surface area (TPSA) is 104 Å². The van der Waals surface area contributed by atoms with E-state index < -0.39 is 0 Å². The predicted octanol–water partition coefficient (Wildman–Crippen LogP) is 0.323. The number of aromatic nitrogens is 4. The van der Waals surface area contributed by atoms with Crippen molar-refractivity contribution < 1.29 is 18.5 Å². The summed E-state index contributed by atoms with van der Waals surface area (Å²) in [5.41, 5.74) is 6.00. The zero-order chi connectivity index (χ0) is 19.5. The van der Waals surface area contributed by atoms with Gasteiger partial charge >= 0.3 is 0 Å². The van der Waals surface area contributed by atoms with Gasteiger partial charge in [0.05, 0.1) is 24.9 Å². The number of halogens is 1. The number of tetrazole rings is 1. The molecular weight excluding hydrogens is 363 g/mol. The molecule has 3 aromatic rings. The number of furan rings is 1. The third kappa shape index (κ3) is 3.65. The molecule has 28 heavy (non-hydrogen) atoms. The molecule has 0 saturated carbocycles. The van der Waals surface area contributed by atoms with Gasteiger partial charge in [-0.3, -0.25) is 4.79 Å². The Morgan fingerprint density at radius 2 is 2.07 bits per heavy atom. The summed E-state index contributed by atoms with van der Waals surface area (Å²) < 4.78 is 21.8. The zero-order valence-electron chi connectivity index (χ0n) is 15.3. The van der Waals surface area contributed by atoms with Crippen molar-refractivity contribution in [2.75, 3.05) is 13.1 Å². The smallest absolute Gasteiger partial charge is 0.220 e. The number of hydrogen-bond acceptors (Lipinski definition) is 5. The van der Waals surface area contributed by atoms with Gasteiger partial charge in [0, 0.05) is 18.8 Å². The molecule has 1 atom stereocenters. The number of hydrogen-bond donors (Lipinski definition) is 2. The van der Waals surface area contributed by atoms with E-state index in [0.717, 1.165) is 4.90 Å². The molecule has 1 aliphatic rings. The van der Waals surface area contributed by atoms with Crippen molar-refractivity contribution >= 4 is 5.91 Å². The van der Waals surface area contributed by atoms with Gasteiger partial charge in [0.25, 0.3) is 0 Å². The van der Waals surface area contributed by atoms with Crippen LogP contribution in [-0.4, -0.2) is 39.2 Å². The molecule has 146 valence electrons. The maximum atomic E-state index is 14.7. The molecule has 1 saturated heterocycles. The summed E-state index contributed by atoms with van der Waals surface area (Å²) in [6, 6.07) is 9.93. The molecule has 1 aromatic carbocycles. The van der Waals surface area contributed by atoms with E-state index in [4.69, 9.17) is 10.2 Å². The van der Waals surface area contributed by atoms with Crippen LogP contribution < -0.4 is 10.6 Å². The van der Waals surface area contributed by atoms with E-state index in [0.29, 0.717) is 49.6 Å². The minimum absolute atomic E-state index is 0.135. The van der Waals surface area contributed by atoms with Gasteiger partial charge < -0.3 is 15.1 Å². The molecule has 1 amide bonds. The zero-order valence-corrected chi connectivity index (χ0v) is 15.3. The minimum Gasteiger partial charge on any atom is -0.467 e. The van der Waals surface area contributed by atoms with Gasteiger partial charge in [-0.15, -0.1) is 5.10 Å². The molecule has 0 unspecified atom stereocenters. The third-order valence-corrected chi connectivity index (χ3v) is 5.36. The van der Waals surface area contributed by atoms with E-state index in [1.54, 1.807) is 29.1 Å². The monoisotopic (exact) mass is 385 g/mol. The summed E-state index contributed by atoms with van der Waals surface area (Å²) in [6.45, 7) is 1.72. The van der Waals surface area contributed by atoms with Crippen LogP contribution in [0.2, 0.25) is 0 Å². The lowest BCUT2D eigenvalue weighted by Gasteiger charge is -2.33. The number of carbonyl (C=O) groups excluding carboxylic acids is 1. The molecule has 0 aliphatic carbocycles. The summed E-state index contributed by atoms with van der Waals surface area (Å²) in [6.07, 6.45) is 2.91. The number of nitrogens with two attached hydrogens (primary N) is 1. The molecule has 2 aromatic heterocycles. The average Bonchev–Trinajstić information content (AvgIpc) is 3.37. The van der Waals surface area contributed by atoms with Crippen molar-refractivity contribution in [2.24, 2.45) is 11.7 Å². The molecule has 1 aliphatic heterocycles. The maximum absolute atomic E-state index is 14.7. The highest BCUT2D eigenvalue weighted by Gasteiger charge is 2.37. The van der Waals surface area contributed by atoms with E-state index in [9.17, 15) is 9.18 Å². The molecule has 0 spiro atoms. The van der Waals surface area contributed by atoms with Gasteiger partial charge in [-0.2, -0.15) is 0 Å². The Labute approximate surface area is 161 Å². The van der Waals surface area contributed by atoms with Gasteiger partial charge in [0.15, 0.2) is 6.04 Å². The van der Waals surface area contributed by atoms with Crippen molar-refractivity contribution in [2.45, 2.75) is 25.4 Å². The molecule has 0 bridgehead atoms. The minimum atomic E-state index is -0.389. The lowest BCUT2D eigenvalue weighted by atomic mass is 9.93. The third-order valence-electron chi connectivity index (χ3n) is 5.36. The number of quaternary nitrogens is 1. The molecule has 1 fully saturated rings. The fourth-order valence-corrected chi connectivity index (χ4v) is 3.89. The van der Waals surface area contributed by atoms with Crippen LogP contribution >= 0.6 is 0 Å². The molecule has 3 N–H and O–H groups in total. The van der Waals surface area contributed by atoms with Gasteiger partial charge in [-0.1, -0.05) is 12.1 Å². The van der Waals surface area contributed by atoms with Crippen molar-refractivity contribution in [3.8, 4) is 0 Å². The number of primary amides is 1. The highest BCUT2D eigenvalue weighted by atomic mass is 19.1. The molecule has 3 heterocycles. The summed E-state index contributed by atoms with van der Waals surface area (Å²) in [7, 11) is 0. The lowest BCUT2D eigenvalue weighted by Crippen LogP contribution is -3.13. The Morgan fingerprint density at radius 1 is 1.29 bits per heavy atom. The molecule has 4 rings (SSSR count). The number of nitrogens with one attached hydrogen (secondary N) is 1. The van der Waals surface area contributed by atoms with E-state index in [-0.39, 0.29) is 23.7 Å². The first-order valence-corrected chi connectivity index (χ1v) is 9.30. The number of amides is 1. The summed E-state index contributed by atoms with van der Waals surface area (Å²) in [4.78, 5) is 12.6. The SMILES string of the molecule is NC(=O)C1CC[NH+]([C@H](c2ccccc2F)c2nnnn2Cc2ccco2)CC1. The first-order chi connectivity index (χ1) is 13.6. The van der Waals surface area contributed by atoms with Crippen LogP contribution in [0.5, 0.6) is 0 Å². The van der Waals surface area contributed by atoms with E-state index >= 15 is 0 Å². The van der Waals surface area contributed by atoms with E-state index in [1.165, 1.54) is 6.07 Å². The summed E-state index contributed by atoms with van der Waals surface area (Å²) >= 11 is 0. The first kappa shape index (κ1) is 18.3. The van der Waals surface area contributed by atoms with Gasteiger partial charge in [0.1, 0.15) is 18.1 Å². The Bertz CT molecular complexity index is 934. The van der Waals surface area contributed by atoms with Crippen molar-refractivity contribution in [1.82, 2.24) is 20.2 Å². The Kier molecular flexibility index (Phi) is 5.16. The molecule has 0 radical (unpaired) electrons. The van der Waals surface area contributed by atoms with Crippen LogP contribution in [0.1, 0.15) is 36.0 Å². The normalized spacial score (nSPS) is 20.8. The van der Waals surface area contributed by atoms with Crippen LogP contribution in [-0.2, 0) is 11.3 Å². The standard InChI is InChI=1S/C19H21FN6O2/c20-16-6-2-1-5-15(16)17(25-9-7-13(8-10-25)18(21)27)19-22-23-24-26(19)12-14-4-3-11-28-14/h1-6,11,13,17H,7-10,12H2,(H2,21,27)/p+1/t17-/m1/s1. The predicted molar refractivity (Wildman–Crippen MR) is 96.5 cm³/mol.